The average molecular weight is 646 g/mol. The van der Waals surface area contributed by atoms with Gasteiger partial charge in [0.2, 0.25) is 11.8 Å². The largest absolute Gasteiger partial charge is 0.497 e. The van der Waals surface area contributed by atoms with E-state index in [1.807, 2.05) is 56.3 Å². The van der Waals surface area contributed by atoms with E-state index in [4.69, 9.17) is 4.74 Å². The van der Waals surface area contributed by atoms with Crippen LogP contribution in [0.2, 0.25) is 0 Å². The summed E-state index contributed by atoms with van der Waals surface area (Å²) in [4.78, 5) is 49.7. The standard InChI is InChI=1S/C37H47N3O5S/c1-7-21-38(23-26-13-11-10-12-14-26)33(42)30-31-34(43)40(29(24-41)25(4)9-3)32(37(31)20-19-36(30,5)46-37)35(44)39(22-8-2)27-15-17-28(45-6)18-16-27/h7-8,10-18,25,29-32,41H,1-2,9,19-24H2,3-6H3/t25-,29-,30+,31-,32?,36-,37?/m0/s1. The molecule has 246 valence electrons. The van der Waals surface area contributed by atoms with Gasteiger partial charge in [0, 0.05) is 30.1 Å². The Labute approximate surface area is 277 Å². The van der Waals surface area contributed by atoms with E-state index < -0.39 is 33.4 Å². The van der Waals surface area contributed by atoms with E-state index >= 15 is 4.79 Å². The van der Waals surface area contributed by atoms with Gasteiger partial charge in [-0.1, -0.05) is 62.8 Å². The van der Waals surface area contributed by atoms with E-state index in [1.165, 1.54) is 0 Å². The molecule has 7 atom stereocenters. The van der Waals surface area contributed by atoms with Gasteiger partial charge in [-0.05, 0) is 55.5 Å². The number of aliphatic hydroxyl groups excluding tert-OH is 1. The fourth-order valence-corrected chi connectivity index (χ4v) is 10.3. The van der Waals surface area contributed by atoms with Crippen molar-refractivity contribution in [3.8, 4) is 5.75 Å². The fourth-order valence-electron chi connectivity index (χ4n) is 7.94. The lowest BCUT2D eigenvalue weighted by Crippen LogP contribution is -2.58. The molecule has 3 fully saturated rings. The highest BCUT2D eigenvalue weighted by atomic mass is 32.2. The Balaban J connectivity index is 1.61. The Morgan fingerprint density at radius 3 is 2.35 bits per heavy atom. The first kappa shape index (κ1) is 33.8. The molecule has 2 unspecified atom stereocenters. The smallest absolute Gasteiger partial charge is 0.251 e. The molecule has 2 aromatic carbocycles. The molecular weight excluding hydrogens is 598 g/mol. The average Bonchev–Trinajstić information content (AvgIpc) is 3.64. The van der Waals surface area contributed by atoms with Crippen LogP contribution in [0, 0.1) is 17.8 Å². The molecule has 3 saturated heterocycles. The van der Waals surface area contributed by atoms with E-state index in [9.17, 15) is 14.7 Å². The van der Waals surface area contributed by atoms with Crippen molar-refractivity contribution in [1.29, 1.82) is 0 Å². The summed E-state index contributed by atoms with van der Waals surface area (Å²) in [5.74, 6) is -1.22. The zero-order valence-electron chi connectivity index (χ0n) is 27.4. The molecule has 3 heterocycles. The number of benzene rings is 2. The van der Waals surface area contributed by atoms with Gasteiger partial charge in [-0.15, -0.1) is 24.9 Å². The number of nitrogens with zero attached hydrogens (tertiary/aromatic N) is 3. The molecule has 1 N–H and O–H groups in total. The number of anilines is 1. The molecule has 3 amide bonds. The minimum absolute atomic E-state index is 0.0596. The van der Waals surface area contributed by atoms with E-state index in [0.717, 1.165) is 12.0 Å². The number of hydrogen-bond donors (Lipinski definition) is 1. The third-order valence-corrected chi connectivity index (χ3v) is 12.4. The van der Waals surface area contributed by atoms with Crippen molar-refractivity contribution >= 4 is 35.2 Å². The molecule has 1 spiro atoms. The topological polar surface area (TPSA) is 90.4 Å². The summed E-state index contributed by atoms with van der Waals surface area (Å²) in [5.41, 5.74) is 1.66. The van der Waals surface area contributed by atoms with Crippen molar-refractivity contribution in [2.24, 2.45) is 17.8 Å². The second-order valence-electron chi connectivity index (χ2n) is 13.0. The number of likely N-dealkylation sites (tertiary alicyclic amines) is 1. The highest BCUT2D eigenvalue weighted by molar-refractivity contribution is 8.02. The number of hydrogen-bond acceptors (Lipinski definition) is 6. The van der Waals surface area contributed by atoms with Gasteiger partial charge in [-0.25, -0.2) is 0 Å². The molecule has 2 aromatic rings. The summed E-state index contributed by atoms with van der Waals surface area (Å²) >= 11 is 1.65. The highest BCUT2D eigenvalue weighted by Crippen LogP contribution is 2.72. The zero-order valence-corrected chi connectivity index (χ0v) is 28.2. The van der Waals surface area contributed by atoms with Crippen LogP contribution in [0.1, 0.15) is 45.6 Å². The maximum atomic E-state index is 15.0. The Morgan fingerprint density at radius 1 is 1.09 bits per heavy atom. The normalized spacial score (nSPS) is 27.5. The molecule has 3 aliphatic heterocycles. The Kier molecular flexibility index (Phi) is 10.0. The van der Waals surface area contributed by atoms with E-state index in [-0.39, 0.29) is 36.8 Å². The summed E-state index contributed by atoms with van der Waals surface area (Å²) in [6.07, 6.45) is 5.46. The van der Waals surface area contributed by atoms with Gasteiger partial charge in [0.15, 0.2) is 0 Å². The second kappa shape index (κ2) is 13.7. The fraction of sp³-hybridized carbons (Fsp3) is 0.486. The number of aliphatic hydroxyl groups is 1. The second-order valence-corrected chi connectivity index (χ2v) is 14.9. The molecule has 46 heavy (non-hydrogen) atoms. The predicted molar refractivity (Wildman–Crippen MR) is 184 cm³/mol. The molecule has 0 radical (unpaired) electrons. The van der Waals surface area contributed by atoms with Gasteiger partial charge >= 0.3 is 0 Å². The van der Waals surface area contributed by atoms with Gasteiger partial charge in [0.25, 0.3) is 5.91 Å². The van der Waals surface area contributed by atoms with Crippen LogP contribution in [0.5, 0.6) is 5.75 Å². The molecule has 9 heteroatoms. The molecule has 3 aliphatic rings. The summed E-state index contributed by atoms with van der Waals surface area (Å²) in [7, 11) is 1.59. The summed E-state index contributed by atoms with van der Waals surface area (Å²) in [6.45, 7) is 14.7. The molecule has 0 aromatic heterocycles. The number of thioether (sulfide) groups is 1. The number of ether oxygens (including phenoxy) is 1. The molecule has 8 nitrogen and oxygen atoms in total. The maximum absolute atomic E-state index is 15.0. The zero-order chi connectivity index (χ0) is 33.2. The lowest BCUT2D eigenvalue weighted by atomic mass is 9.66. The quantitative estimate of drug-likeness (QED) is 0.280. The van der Waals surface area contributed by atoms with Crippen LogP contribution >= 0.6 is 11.8 Å². The lowest BCUT2D eigenvalue weighted by molar-refractivity contribution is -0.147. The van der Waals surface area contributed by atoms with E-state index in [1.54, 1.807) is 57.9 Å². The van der Waals surface area contributed by atoms with Crippen molar-refractivity contribution in [2.75, 3.05) is 31.7 Å². The third-order valence-electron chi connectivity index (χ3n) is 10.4. The number of rotatable bonds is 14. The highest BCUT2D eigenvalue weighted by Gasteiger charge is 2.78. The van der Waals surface area contributed by atoms with Crippen molar-refractivity contribution in [1.82, 2.24) is 9.80 Å². The van der Waals surface area contributed by atoms with Gasteiger partial charge in [0.1, 0.15) is 11.8 Å². The van der Waals surface area contributed by atoms with Crippen molar-refractivity contribution in [3.63, 3.8) is 0 Å². The first-order valence-corrected chi connectivity index (χ1v) is 17.1. The number of amides is 3. The number of fused-ring (bicyclic) bond motifs is 1. The Bertz CT molecular complexity index is 1450. The molecule has 0 saturated carbocycles. The number of carbonyl (C=O) groups excluding carboxylic acids is 3. The van der Waals surface area contributed by atoms with Crippen LogP contribution in [0.4, 0.5) is 5.69 Å². The first-order chi connectivity index (χ1) is 22.1. The monoisotopic (exact) mass is 645 g/mol. The van der Waals surface area contributed by atoms with Gasteiger partial charge in [0.05, 0.1) is 36.3 Å². The van der Waals surface area contributed by atoms with Gasteiger partial charge in [-0.3, -0.25) is 14.4 Å². The van der Waals surface area contributed by atoms with Crippen molar-refractivity contribution < 1.29 is 24.2 Å². The summed E-state index contributed by atoms with van der Waals surface area (Å²) in [5, 5.41) is 10.8. The van der Waals surface area contributed by atoms with Crippen molar-refractivity contribution in [3.05, 3.63) is 85.5 Å². The lowest BCUT2D eigenvalue weighted by Gasteiger charge is -2.41. The van der Waals surface area contributed by atoms with Crippen LogP contribution in [-0.4, -0.2) is 81.0 Å². The Hall–Kier alpha value is -3.56. The van der Waals surface area contributed by atoms with E-state index in [0.29, 0.717) is 37.4 Å². The summed E-state index contributed by atoms with van der Waals surface area (Å²) in [6, 6.07) is 15.7. The minimum atomic E-state index is -0.857. The van der Waals surface area contributed by atoms with Crippen LogP contribution in [0.15, 0.2) is 79.9 Å². The van der Waals surface area contributed by atoms with E-state index in [2.05, 4.69) is 20.1 Å². The number of carbonyl (C=O) groups is 3. The first-order valence-electron chi connectivity index (χ1n) is 16.2. The number of methoxy groups -OCH3 is 1. The van der Waals surface area contributed by atoms with Crippen LogP contribution in [-0.2, 0) is 20.9 Å². The van der Waals surface area contributed by atoms with Crippen LogP contribution in [0.3, 0.4) is 0 Å². The van der Waals surface area contributed by atoms with Crippen LogP contribution < -0.4 is 9.64 Å². The Morgan fingerprint density at radius 2 is 1.76 bits per heavy atom. The van der Waals surface area contributed by atoms with Gasteiger partial charge < -0.3 is 24.5 Å². The van der Waals surface area contributed by atoms with Gasteiger partial charge in [-0.2, -0.15) is 0 Å². The minimum Gasteiger partial charge on any atom is -0.497 e. The predicted octanol–water partition coefficient (Wildman–Crippen LogP) is 5.32. The maximum Gasteiger partial charge on any atom is 0.251 e. The SMILES string of the molecule is C=CCN(Cc1ccccc1)C(=O)[C@H]1[C@H]2C(=O)N([C@@H](CO)[C@@H](C)CC)C(C(=O)N(CC=C)c3ccc(OC)cc3)C23CC[C@]1(C)S3. The molecular formula is C37H47N3O5S. The van der Waals surface area contributed by atoms with Crippen LogP contribution in [0.25, 0.3) is 0 Å². The van der Waals surface area contributed by atoms with Crippen molar-refractivity contribution in [2.45, 2.75) is 68.2 Å². The molecule has 2 bridgehead atoms. The molecule has 5 rings (SSSR count). The third kappa shape index (κ3) is 5.66. The molecule has 0 aliphatic carbocycles. The summed E-state index contributed by atoms with van der Waals surface area (Å²) < 4.78 is 4.01.